The fourth-order valence-corrected chi connectivity index (χ4v) is 8.50. The van der Waals surface area contributed by atoms with Gasteiger partial charge in [0, 0.05) is 22.6 Å². The number of rotatable bonds is 3. The highest BCUT2D eigenvalue weighted by Crippen LogP contribution is 2.61. The molecule has 0 bridgehead atoms. The van der Waals surface area contributed by atoms with E-state index in [-0.39, 0.29) is 0 Å². The van der Waals surface area contributed by atoms with Crippen LogP contribution in [0.25, 0.3) is 60.9 Å². The van der Waals surface area contributed by atoms with Crippen molar-refractivity contribution in [1.82, 2.24) is 4.57 Å². The van der Waals surface area contributed by atoms with Gasteiger partial charge in [0.05, 0.1) is 22.1 Å². The van der Waals surface area contributed by atoms with E-state index < -0.39 is 5.41 Å². The molecule has 0 fully saturated rings. The second kappa shape index (κ2) is 9.26. The molecule has 8 aromatic rings. The van der Waals surface area contributed by atoms with Crippen LogP contribution in [0, 0.1) is 5.41 Å². The highest BCUT2D eigenvalue weighted by atomic mass is 15.0. The van der Waals surface area contributed by atoms with E-state index in [9.17, 15) is 0 Å². The maximum atomic E-state index is 8.52. The summed E-state index contributed by atoms with van der Waals surface area (Å²) in [6.07, 6.45) is 1.52. The quantitative estimate of drug-likeness (QED) is 0.200. The van der Waals surface area contributed by atoms with Gasteiger partial charge in [-0.1, -0.05) is 133 Å². The fourth-order valence-electron chi connectivity index (χ4n) is 8.50. The Morgan fingerprint density at radius 2 is 1.13 bits per heavy atom. The zero-order chi connectivity index (χ0) is 30.4. The van der Waals surface area contributed by atoms with Gasteiger partial charge in [0.2, 0.25) is 0 Å². The molecule has 2 heteroatoms. The van der Waals surface area contributed by atoms with Crippen molar-refractivity contribution in [1.29, 1.82) is 5.41 Å². The van der Waals surface area contributed by atoms with Crippen molar-refractivity contribution in [2.45, 2.75) is 5.41 Å². The molecule has 0 saturated heterocycles. The predicted molar refractivity (Wildman–Crippen MR) is 190 cm³/mol. The molecule has 0 amide bonds. The number of hydrogen-bond donors (Lipinski definition) is 1. The maximum Gasteiger partial charge on any atom is 0.0754 e. The zero-order valence-corrected chi connectivity index (χ0v) is 25.0. The van der Waals surface area contributed by atoms with E-state index in [4.69, 9.17) is 5.41 Å². The Labute approximate surface area is 267 Å². The van der Waals surface area contributed by atoms with Crippen molar-refractivity contribution in [2.24, 2.45) is 0 Å². The fraction of sp³-hybridized carbons (Fsp3) is 0.0227. The molecule has 1 atom stereocenters. The van der Waals surface area contributed by atoms with Gasteiger partial charge in [-0.25, -0.2) is 0 Å². The van der Waals surface area contributed by atoms with E-state index in [1.54, 1.807) is 0 Å². The summed E-state index contributed by atoms with van der Waals surface area (Å²) in [5, 5.41) is 11.1. The molecule has 2 nitrogen and oxygen atoms in total. The topological polar surface area (TPSA) is 28.8 Å². The second-order valence-electron chi connectivity index (χ2n) is 12.4. The molecule has 7 aromatic carbocycles. The summed E-state index contributed by atoms with van der Waals surface area (Å²) in [5.41, 5.74) is 16.4. The lowest BCUT2D eigenvalue weighted by Gasteiger charge is -2.39. The predicted octanol–water partition coefficient (Wildman–Crippen LogP) is 10.8. The molecule has 1 unspecified atom stereocenters. The Morgan fingerprint density at radius 3 is 2.02 bits per heavy atom. The third-order valence-corrected chi connectivity index (χ3v) is 10.3. The molecule has 214 valence electrons. The number of fused-ring (bicyclic) bond motifs is 12. The van der Waals surface area contributed by atoms with Gasteiger partial charge < -0.3 is 9.98 Å². The maximum absolute atomic E-state index is 8.52. The minimum atomic E-state index is -0.519. The Bertz CT molecular complexity index is 2550. The highest BCUT2D eigenvalue weighted by molar-refractivity contribution is 6.13. The molecule has 46 heavy (non-hydrogen) atoms. The van der Waals surface area contributed by atoms with E-state index in [0.717, 1.165) is 11.1 Å². The molecular weight excluding hydrogens is 556 g/mol. The van der Waals surface area contributed by atoms with Crippen molar-refractivity contribution in [3.63, 3.8) is 0 Å². The van der Waals surface area contributed by atoms with E-state index in [2.05, 4.69) is 162 Å². The largest absolute Gasteiger partial charge is 0.309 e. The van der Waals surface area contributed by atoms with Crippen molar-refractivity contribution < 1.29 is 0 Å². The average molecular weight is 585 g/mol. The lowest BCUT2D eigenvalue weighted by molar-refractivity contribution is 0.748. The molecule has 10 rings (SSSR count). The number of para-hydroxylation sites is 3. The minimum absolute atomic E-state index is 0.519. The summed E-state index contributed by atoms with van der Waals surface area (Å²) in [4.78, 5) is 0. The van der Waals surface area contributed by atoms with Crippen molar-refractivity contribution in [2.75, 3.05) is 0 Å². The van der Waals surface area contributed by atoms with Crippen molar-refractivity contribution in [3.8, 4) is 39.1 Å². The smallest absolute Gasteiger partial charge is 0.0754 e. The first-order valence-corrected chi connectivity index (χ1v) is 15.9. The van der Waals surface area contributed by atoms with Crippen LogP contribution >= 0.6 is 0 Å². The number of nitrogens with one attached hydrogen (secondary N) is 1. The molecule has 1 aliphatic heterocycles. The molecule has 2 heterocycles. The van der Waals surface area contributed by atoms with Gasteiger partial charge in [0.15, 0.2) is 0 Å². The Morgan fingerprint density at radius 1 is 0.478 bits per heavy atom. The van der Waals surface area contributed by atoms with Crippen LogP contribution in [0.2, 0.25) is 0 Å². The summed E-state index contributed by atoms with van der Waals surface area (Å²) >= 11 is 0. The Hall–Kier alpha value is -5.99. The summed E-state index contributed by atoms with van der Waals surface area (Å²) in [6.45, 7) is 0. The number of hydrogen-bond acceptors (Lipinski definition) is 1. The third-order valence-electron chi connectivity index (χ3n) is 10.3. The lowest BCUT2D eigenvalue weighted by atomic mass is 9.65. The van der Waals surface area contributed by atoms with Gasteiger partial charge in [-0.3, -0.25) is 0 Å². The van der Waals surface area contributed by atoms with Crippen molar-refractivity contribution in [3.05, 3.63) is 186 Å². The van der Waals surface area contributed by atoms with Crippen LogP contribution in [0.3, 0.4) is 0 Å². The standard InChI is InChI=1S/C44H28N2/c45-27-32-15-9-19-38-42(32)35-26-31(30-14-8-13-29(25-30)28-11-2-1-3-12-28)23-24-36(35)44(38)37-18-5-7-22-41(37)46-40-21-6-4-16-33(40)34-17-10-20-39(44)43(34)46/h1-27,45H. The van der Waals surface area contributed by atoms with E-state index in [0.29, 0.717) is 0 Å². The first kappa shape index (κ1) is 25.3. The SMILES string of the molecule is N=Cc1cccc2c1-c1cc(-c3cccc(-c4ccccc4)c3)ccc1C21c2ccccc2-n2c3ccccc3c3cccc1c32. The third kappa shape index (κ3) is 3.13. The molecule has 2 aliphatic rings. The lowest BCUT2D eigenvalue weighted by Crippen LogP contribution is -2.33. The molecular formula is C44H28N2. The van der Waals surface area contributed by atoms with Crippen LogP contribution in [0.15, 0.2) is 158 Å². The molecule has 0 saturated carbocycles. The molecule has 1 aromatic heterocycles. The molecule has 1 aliphatic carbocycles. The number of nitrogens with zero attached hydrogens (tertiary/aromatic N) is 1. The van der Waals surface area contributed by atoms with Crippen LogP contribution < -0.4 is 0 Å². The summed E-state index contributed by atoms with van der Waals surface area (Å²) in [7, 11) is 0. The summed E-state index contributed by atoms with van der Waals surface area (Å²) in [5.74, 6) is 0. The van der Waals surface area contributed by atoms with Gasteiger partial charge >= 0.3 is 0 Å². The highest BCUT2D eigenvalue weighted by Gasteiger charge is 2.51. The molecule has 0 radical (unpaired) electrons. The van der Waals surface area contributed by atoms with Gasteiger partial charge in [-0.15, -0.1) is 0 Å². The van der Waals surface area contributed by atoms with E-state index >= 15 is 0 Å². The second-order valence-corrected chi connectivity index (χ2v) is 12.4. The number of benzene rings is 7. The summed E-state index contributed by atoms with van der Waals surface area (Å²) in [6, 6.07) is 57.5. The van der Waals surface area contributed by atoms with Crippen LogP contribution in [0.4, 0.5) is 0 Å². The minimum Gasteiger partial charge on any atom is -0.309 e. The van der Waals surface area contributed by atoms with Gasteiger partial charge in [0.1, 0.15) is 0 Å². The van der Waals surface area contributed by atoms with Crippen molar-refractivity contribution >= 4 is 28.0 Å². The van der Waals surface area contributed by atoms with Crippen LogP contribution in [0.1, 0.15) is 27.8 Å². The van der Waals surface area contributed by atoms with E-state index in [1.807, 2.05) is 0 Å². The van der Waals surface area contributed by atoms with Gasteiger partial charge in [-0.05, 0) is 79.9 Å². The van der Waals surface area contributed by atoms with Crippen LogP contribution in [-0.4, -0.2) is 10.8 Å². The van der Waals surface area contributed by atoms with Gasteiger partial charge in [0.25, 0.3) is 0 Å². The normalized spacial score (nSPS) is 15.6. The zero-order valence-electron chi connectivity index (χ0n) is 25.0. The number of aromatic nitrogens is 1. The first-order chi connectivity index (χ1) is 22.8. The molecule has 1 N–H and O–H groups in total. The first-order valence-electron chi connectivity index (χ1n) is 15.9. The monoisotopic (exact) mass is 584 g/mol. The Kier molecular flexibility index (Phi) is 5.10. The van der Waals surface area contributed by atoms with Crippen LogP contribution in [-0.2, 0) is 5.41 Å². The van der Waals surface area contributed by atoms with Gasteiger partial charge in [-0.2, -0.15) is 0 Å². The van der Waals surface area contributed by atoms with E-state index in [1.165, 1.54) is 83.8 Å². The summed E-state index contributed by atoms with van der Waals surface area (Å²) < 4.78 is 2.47. The Balaban J connectivity index is 1.32. The average Bonchev–Trinajstić information content (AvgIpc) is 3.62. The van der Waals surface area contributed by atoms with Crippen LogP contribution in [0.5, 0.6) is 0 Å². The molecule has 1 spiro atoms.